The van der Waals surface area contributed by atoms with Crippen LogP contribution in [0.4, 0.5) is 18.9 Å². The van der Waals surface area contributed by atoms with E-state index in [4.69, 9.17) is 21.8 Å². The van der Waals surface area contributed by atoms with Gasteiger partial charge < -0.3 is 15.5 Å². The van der Waals surface area contributed by atoms with E-state index >= 15 is 0 Å². The van der Waals surface area contributed by atoms with Crippen LogP contribution in [0, 0.1) is 0 Å². The molecule has 0 bridgehead atoms. The molecule has 0 saturated heterocycles. The van der Waals surface area contributed by atoms with E-state index in [1.165, 1.54) is 12.1 Å². The van der Waals surface area contributed by atoms with Crippen LogP contribution < -0.4 is 5.32 Å². The van der Waals surface area contributed by atoms with E-state index in [1.54, 1.807) is 0 Å². The Morgan fingerprint density at radius 2 is 2.00 bits per heavy atom. The Hall–Kier alpha value is -0.980. The zero-order chi connectivity index (χ0) is 13.1. The van der Waals surface area contributed by atoms with E-state index in [1.807, 2.05) is 0 Å². The Morgan fingerprint density at radius 1 is 1.35 bits per heavy atom. The Bertz CT molecular complexity index is 384. The van der Waals surface area contributed by atoms with Crippen molar-refractivity contribution < 1.29 is 23.4 Å². The molecule has 1 rings (SSSR count). The third-order valence-electron chi connectivity index (χ3n) is 2.03. The van der Waals surface area contributed by atoms with Gasteiger partial charge in [0.25, 0.3) is 0 Å². The van der Waals surface area contributed by atoms with Crippen molar-refractivity contribution in [2.24, 2.45) is 0 Å². The fraction of sp³-hybridized carbons (Fsp3) is 0.400. The maximum atomic E-state index is 12.6. The van der Waals surface area contributed by atoms with E-state index in [0.29, 0.717) is 0 Å². The summed E-state index contributed by atoms with van der Waals surface area (Å²) in [7, 11) is 0. The van der Waals surface area contributed by atoms with Crippen molar-refractivity contribution in [1.29, 1.82) is 0 Å². The van der Waals surface area contributed by atoms with Gasteiger partial charge in [-0.3, -0.25) is 0 Å². The number of benzene rings is 1. The monoisotopic (exact) mass is 269 g/mol. The fourth-order valence-electron chi connectivity index (χ4n) is 1.20. The summed E-state index contributed by atoms with van der Waals surface area (Å²) in [5.74, 6) is 0. The molecule has 7 heteroatoms. The zero-order valence-electron chi connectivity index (χ0n) is 8.63. The summed E-state index contributed by atoms with van der Waals surface area (Å²) in [5.41, 5.74) is -1.09. The van der Waals surface area contributed by atoms with Crippen molar-refractivity contribution in [2.75, 3.05) is 18.5 Å². The second-order valence-corrected chi connectivity index (χ2v) is 3.84. The molecule has 0 unspecified atom stereocenters. The van der Waals surface area contributed by atoms with E-state index in [2.05, 4.69) is 5.32 Å². The van der Waals surface area contributed by atoms with Gasteiger partial charge in [-0.05, 0) is 18.2 Å². The van der Waals surface area contributed by atoms with Crippen LogP contribution in [0.1, 0.15) is 5.56 Å². The highest BCUT2D eigenvalue weighted by Gasteiger charge is 2.33. The molecule has 17 heavy (non-hydrogen) atoms. The summed E-state index contributed by atoms with van der Waals surface area (Å²) >= 11 is 5.50. The average molecular weight is 270 g/mol. The molecule has 1 atom stereocenters. The Kier molecular flexibility index (Phi) is 4.62. The van der Waals surface area contributed by atoms with Crippen molar-refractivity contribution in [3.8, 4) is 0 Å². The van der Waals surface area contributed by atoms with Crippen LogP contribution in [0.2, 0.25) is 5.02 Å². The summed E-state index contributed by atoms with van der Waals surface area (Å²) < 4.78 is 37.9. The second kappa shape index (κ2) is 5.57. The van der Waals surface area contributed by atoms with Gasteiger partial charge in [-0.25, -0.2) is 0 Å². The molecule has 0 heterocycles. The first-order valence-electron chi connectivity index (χ1n) is 4.74. The molecule has 96 valence electrons. The molecular weight excluding hydrogens is 259 g/mol. The highest BCUT2D eigenvalue weighted by molar-refractivity contribution is 6.30. The third-order valence-corrected chi connectivity index (χ3v) is 2.26. The number of rotatable bonds is 4. The van der Waals surface area contributed by atoms with Crippen LogP contribution in [-0.4, -0.2) is 29.5 Å². The molecule has 0 aliphatic rings. The number of halogens is 4. The molecule has 0 amide bonds. The van der Waals surface area contributed by atoms with E-state index in [0.717, 1.165) is 6.07 Å². The van der Waals surface area contributed by atoms with Gasteiger partial charge in [0.15, 0.2) is 0 Å². The Labute approximate surface area is 101 Å². The third kappa shape index (κ3) is 4.07. The lowest BCUT2D eigenvalue weighted by Gasteiger charge is -2.16. The summed E-state index contributed by atoms with van der Waals surface area (Å²) in [6.45, 7) is -0.705. The topological polar surface area (TPSA) is 52.5 Å². The molecular formula is C10H11ClF3NO2. The second-order valence-electron chi connectivity index (χ2n) is 3.40. The van der Waals surface area contributed by atoms with E-state index < -0.39 is 24.5 Å². The highest BCUT2D eigenvalue weighted by atomic mass is 35.5. The van der Waals surface area contributed by atoms with E-state index in [9.17, 15) is 13.2 Å². The minimum atomic E-state index is -4.53. The quantitative estimate of drug-likeness (QED) is 0.785. The van der Waals surface area contributed by atoms with Gasteiger partial charge in [0, 0.05) is 17.3 Å². The molecule has 1 aromatic carbocycles. The van der Waals surface area contributed by atoms with Gasteiger partial charge in [-0.1, -0.05) is 11.6 Å². The molecule has 0 aliphatic heterocycles. The predicted octanol–water partition coefficient (Wildman–Crippen LogP) is 2.12. The summed E-state index contributed by atoms with van der Waals surface area (Å²) in [5, 5.41) is 20.0. The predicted molar refractivity (Wildman–Crippen MR) is 58.0 cm³/mol. The molecule has 3 nitrogen and oxygen atoms in total. The molecule has 3 N–H and O–H groups in total. The van der Waals surface area contributed by atoms with Crippen LogP contribution >= 0.6 is 11.6 Å². The van der Waals surface area contributed by atoms with Gasteiger partial charge in [-0.2, -0.15) is 13.2 Å². The van der Waals surface area contributed by atoms with Crippen molar-refractivity contribution in [2.45, 2.75) is 12.3 Å². The van der Waals surface area contributed by atoms with Gasteiger partial charge in [-0.15, -0.1) is 0 Å². The number of alkyl halides is 3. The summed E-state index contributed by atoms with van der Waals surface area (Å²) in [6, 6.07) is 3.29. The molecule has 0 aliphatic carbocycles. The lowest BCUT2D eigenvalue weighted by molar-refractivity contribution is -0.137. The van der Waals surface area contributed by atoms with E-state index in [-0.39, 0.29) is 17.3 Å². The van der Waals surface area contributed by atoms with Crippen LogP contribution in [0.25, 0.3) is 0 Å². The van der Waals surface area contributed by atoms with Gasteiger partial charge in [0.2, 0.25) is 0 Å². The average Bonchev–Trinajstić information content (AvgIpc) is 2.25. The Balaban J connectivity index is 2.91. The molecule has 0 fully saturated rings. The minimum Gasteiger partial charge on any atom is -0.394 e. The number of hydrogen-bond acceptors (Lipinski definition) is 3. The largest absolute Gasteiger partial charge is 0.418 e. The fourth-order valence-corrected chi connectivity index (χ4v) is 1.37. The number of aliphatic hydroxyl groups excluding tert-OH is 2. The van der Waals surface area contributed by atoms with Crippen molar-refractivity contribution in [3.63, 3.8) is 0 Å². The number of nitrogens with one attached hydrogen (secondary N) is 1. The number of hydrogen-bond donors (Lipinski definition) is 3. The summed E-state index contributed by atoms with van der Waals surface area (Å²) in [4.78, 5) is 0. The Morgan fingerprint density at radius 3 is 2.53 bits per heavy atom. The van der Waals surface area contributed by atoms with Crippen LogP contribution in [0.5, 0.6) is 0 Å². The lowest BCUT2D eigenvalue weighted by atomic mass is 10.1. The van der Waals surface area contributed by atoms with Gasteiger partial charge >= 0.3 is 6.18 Å². The van der Waals surface area contributed by atoms with Crippen LogP contribution in [-0.2, 0) is 6.18 Å². The van der Waals surface area contributed by atoms with Crippen LogP contribution in [0.3, 0.4) is 0 Å². The number of anilines is 1. The van der Waals surface area contributed by atoms with Gasteiger partial charge in [0.1, 0.15) is 0 Å². The standard InChI is InChI=1S/C10H11ClF3NO2/c11-6-1-2-9(15-4-7(17)5-16)8(3-6)10(12,13)14/h1-3,7,15-17H,4-5H2/t7-/m0/s1. The maximum Gasteiger partial charge on any atom is 0.418 e. The molecule has 1 aromatic rings. The smallest absolute Gasteiger partial charge is 0.394 e. The first-order valence-corrected chi connectivity index (χ1v) is 5.12. The van der Waals surface area contributed by atoms with Crippen LogP contribution in [0.15, 0.2) is 18.2 Å². The zero-order valence-corrected chi connectivity index (χ0v) is 9.39. The first-order chi connectivity index (χ1) is 7.84. The normalized spacial score (nSPS) is 13.5. The SMILES string of the molecule is OC[C@@H](O)CNc1ccc(Cl)cc1C(F)(F)F. The van der Waals surface area contributed by atoms with Crippen molar-refractivity contribution >= 4 is 17.3 Å². The van der Waals surface area contributed by atoms with Crippen molar-refractivity contribution in [1.82, 2.24) is 0 Å². The molecule has 0 radical (unpaired) electrons. The van der Waals surface area contributed by atoms with Gasteiger partial charge in [0.05, 0.1) is 18.3 Å². The molecule has 0 aromatic heterocycles. The van der Waals surface area contributed by atoms with Crippen molar-refractivity contribution in [3.05, 3.63) is 28.8 Å². The molecule has 0 saturated carbocycles. The lowest BCUT2D eigenvalue weighted by Crippen LogP contribution is -2.24. The number of aliphatic hydroxyl groups is 2. The minimum absolute atomic E-state index is 0.0226. The molecule has 0 spiro atoms. The highest BCUT2D eigenvalue weighted by Crippen LogP contribution is 2.36. The summed E-state index contributed by atoms with van der Waals surface area (Å²) in [6.07, 6.45) is -5.65. The first kappa shape index (κ1) is 14.1. The maximum absolute atomic E-state index is 12.6.